The minimum atomic E-state index is 0.553. The minimum Gasteiger partial charge on any atom is -0.489 e. The van der Waals surface area contributed by atoms with E-state index < -0.39 is 0 Å². The zero-order valence-corrected chi connectivity index (χ0v) is 20.1. The zero-order chi connectivity index (χ0) is 22.2. The molecule has 0 aromatic heterocycles. The molecule has 0 aliphatic rings. The molecule has 0 unspecified atom stereocenters. The molecule has 3 aromatic rings. The molecule has 0 radical (unpaired) electrons. The summed E-state index contributed by atoms with van der Waals surface area (Å²) in [6, 6.07) is 23.2. The number of ether oxygens (including phenoxy) is 1. The van der Waals surface area contributed by atoms with Gasteiger partial charge in [-0.1, -0.05) is 117 Å². The smallest absolute Gasteiger partial charge is 0.119 e. The summed E-state index contributed by atoms with van der Waals surface area (Å²) in [5.41, 5.74) is 2.56. The van der Waals surface area contributed by atoms with Gasteiger partial charge < -0.3 is 4.74 Å². The van der Waals surface area contributed by atoms with Gasteiger partial charge in [-0.25, -0.2) is 0 Å². The quantitative estimate of drug-likeness (QED) is 0.428. The van der Waals surface area contributed by atoms with Crippen LogP contribution >= 0.6 is 0 Å². The van der Waals surface area contributed by atoms with Gasteiger partial charge in [0.2, 0.25) is 0 Å². The van der Waals surface area contributed by atoms with E-state index in [0.717, 1.165) is 11.7 Å². The first-order valence-corrected chi connectivity index (χ1v) is 11.2. The Morgan fingerprint density at radius 3 is 1.72 bits per heavy atom. The van der Waals surface area contributed by atoms with Gasteiger partial charge in [-0.05, 0) is 45.9 Å². The molecule has 0 atom stereocenters. The van der Waals surface area contributed by atoms with E-state index in [1.54, 1.807) is 0 Å². The lowest BCUT2D eigenvalue weighted by molar-refractivity contribution is 0.307. The third-order valence-electron chi connectivity index (χ3n) is 3.82. The third kappa shape index (κ3) is 10.2. The molecule has 0 bridgehead atoms. The molecule has 0 amide bonds. The molecule has 1 heteroatoms. The maximum atomic E-state index is 5.93. The number of hydrogen-bond donors (Lipinski definition) is 0. The van der Waals surface area contributed by atoms with Gasteiger partial charge in [0.1, 0.15) is 12.4 Å². The molecule has 0 aliphatic carbocycles. The zero-order valence-electron chi connectivity index (χ0n) is 20.1. The number of benzene rings is 3. The maximum Gasteiger partial charge on any atom is 0.119 e. The molecule has 0 heterocycles. The van der Waals surface area contributed by atoms with E-state index >= 15 is 0 Å². The summed E-state index contributed by atoms with van der Waals surface area (Å²) in [5.74, 6) is 2.31. The van der Waals surface area contributed by atoms with Gasteiger partial charge in [-0.2, -0.15) is 0 Å². The molecule has 0 fully saturated rings. The van der Waals surface area contributed by atoms with Crippen molar-refractivity contribution in [1.82, 2.24) is 0 Å². The third-order valence-corrected chi connectivity index (χ3v) is 3.82. The SMILES string of the molecule is CC.CC.CC(C)C.CC(C)c1ccc(OCc2cccc3ccccc23)cc1. The first-order chi connectivity index (χ1) is 14.0. The highest BCUT2D eigenvalue weighted by atomic mass is 16.5. The predicted octanol–water partition coefficient (Wildman–Crippen LogP) is 9.26. The van der Waals surface area contributed by atoms with Crippen LogP contribution in [0, 0.1) is 5.92 Å². The molecule has 29 heavy (non-hydrogen) atoms. The van der Waals surface area contributed by atoms with Crippen molar-refractivity contribution in [1.29, 1.82) is 0 Å². The van der Waals surface area contributed by atoms with Crippen LogP contribution in [-0.4, -0.2) is 0 Å². The van der Waals surface area contributed by atoms with E-state index in [-0.39, 0.29) is 0 Å². The highest BCUT2D eigenvalue weighted by molar-refractivity contribution is 5.85. The van der Waals surface area contributed by atoms with Gasteiger partial charge in [0.05, 0.1) is 0 Å². The molecule has 3 rings (SSSR count). The van der Waals surface area contributed by atoms with E-state index in [2.05, 4.69) is 101 Å². The van der Waals surface area contributed by atoms with Crippen molar-refractivity contribution >= 4 is 10.8 Å². The van der Waals surface area contributed by atoms with Crippen LogP contribution in [0.25, 0.3) is 10.8 Å². The van der Waals surface area contributed by atoms with Crippen LogP contribution in [0.1, 0.15) is 79.4 Å². The van der Waals surface area contributed by atoms with E-state index in [9.17, 15) is 0 Å². The molecule has 0 spiro atoms. The second-order valence-corrected chi connectivity index (χ2v) is 7.38. The Bertz CT molecular complexity index is 762. The van der Waals surface area contributed by atoms with Crippen molar-refractivity contribution in [3.8, 4) is 5.75 Å². The largest absolute Gasteiger partial charge is 0.489 e. The Morgan fingerprint density at radius 2 is 1.17 bits per heavy atom. The Balaban J connectivity index is 0.000000859. The summed E-state index contributed by atoms with van der Waals surface area (Å²) in [6.07, 6.45) is 0. The molecule has 0 aliphatic heterocycles. The number of fused-ring (bicyclic) bond motifs is 1. The van der Waals surface area contributed by atoms with E-state index in [4.69, 9.17) is 4.74 Å². The Kier molecular flexibility index (Phi) is 14.4. The summed E-state index contributed by atoms with van der Waals surface area (Å²) in [4.78, 5) is 0. The van der Waals surface area contributed by atoms with Gasteiger partial charge in [0, 0.05) is 0 Å². The second-order valence-electron chi connectivity index (χ2n) is 7.38. The van der Waals surface area contributed by atoms with Gasteiger partial charge in [0.15, 0.2) is 0 Å². The van der Waals surface area contributed by atoms with Crippen molar-refractivity contribution < 1.29 is 4.74 Å². The van der Waals surface area contributed by atoms with Crippen LogP contribution in [0.3, 0.4) is 0 Å². The predicted molar refractivity (Wildman–Crippen MR) is 132 cm³/mol. The fourth-order valence-electron chi connectivity index (χ4n) is 2.53. The molecule has 3 aromatic carbocycles. The van der Waals surface area contributed by atoms with Crippen LogP contribution in [-0.2, 0) is 6.61 Å². The lowest BCUT2D eigenvalue weighted by Crippen LogP contribution is -1.97. The maximum absolute atomic E-state index is 5.93. The van der Waals surface area contributed by atoms with Gasteiger partial charge in [-0.3, -0.25) is 0 Å². The number of hydrogen-bond acceptors (Lipinski definition) is 1. The topological polar surface area (TPSA) is 9.23 Å². The molecule has 1 nitrogen and oxygen atoms in total. The summed E-state index contributed by atoms with van der Waals surface area (Å²) in [6.45, 7) is 19.5. The minimum absolute atomic E-state index is 0.553. The molecule has 0 N–H and O–H groups in total. The van der Waals surface area contributed by atoms with Crippen LogP contribution in [0.4, 0.5) is 0 Å². The Labute approximate surface area is 180 Å². The van der Waals surface area contributed by atoms with Gasteiger partial charge >= 0.3 is 0 Å². The van der Waals surface area contributed by atoms with Crippen molar-refractivity contribution in [2.24, 2.45) is 5.92 Å². The fourth-order valence-corrected chi connectivity index (χ4v) is 2.53. The highest BCUT2D eigenvalue weighted by Crippen LogP contribution is 2.22. The summed E-state index contributed by atoms with van der Waals surface area (Å²) < 4.78 is 5.93. The van der Waals surface area contributed by atoms with Crippen LogP contribution < -0.4 is 4.74 Å². The normalized spacial score (nSPS) is 9.62. The standard InChI is InChI=1S/C20H20O.C4H10.2C2H6/c1-15(2)16-10-12-19(13-11-16)21-14-18-8-5-7-17-6-3-4-9-20(17)18;1-4(2)3;2*1-2/h3-13,15H,14H2,1-2H3;4H,1-3H3;2*1-2H3. The molecular weight excluding hydrogens is 352 g/mol. The van der Waals surface area contributed by atoms with E-state index in [1.807, 2.05) is 27.7 Å². The Morgan fingerprint density at radius 1 is 0.655 bits per heavy atom. The summed E-state index contributed by atoms with van der Waals surface area (Å²) >= 11 is 0. The first-order valence-electron chi connectivity index (χ1n) is 11.2. The average molecular weight is 395 g/mol. The lowest BCUT2D eigenvalue weighted by Gasteiger charge is -2.10. The molecular formula is C28H42O. The van der Waals surface area contributed by atoms with E-state index in [1.165, 1.54) is 21.9 Å². The molecule has 160 valence electrons. The van der Waals surface area contributed by atoms with Crippen molar-refractivity contribution in [3.05, 3.63) is 77.9 Å². The first kappa shape index (κ1) is 26.7. The van der Waals surface area contributed by atoms with E-state index in [0.29, 0.717) is 12.5 Å². The monoisotopic (exact) mass is 394 g/mol. The second kappa shape index (κ2) is 15.6. The van der Waals surface area contributed by atoms with Gasteiger partial charge in [-0.15, -0.1) is 0 Å². The molecule has 0 saturated carbocycles. The number of rotatable bonds is 4. The van der Waals surface area contributed by atoms with Crippen molar-refractivity contribution in [2.45, 2.75) is 74.8 Å². The van der Waals surface area contributed by atoms with Gasteiger partial charge in [0.25, 0.3) is 0 Å². The van der Waals surface area contributed by atoms with Crippen LogP contribution in [0.15, 0.2) is 66.7 Å². The van der Waals surface area contributed by atoms with Crippen molar-refractivity contribution in [3.63, 3.8) is 0 Å². The summed E-state index contributed by atoms with van der Waals surface area (Å²) in [7, 11) is 0. The van der Waals surface area contributed by atoms with Crippen molar-refractivity contribution in [2.75, 3.05) is 0 Å². The highest BCUT2D eigenvalue weighted by Gasteiger charge is 2.03. The fraction of sp³-hybridized carbons (Fsp3) is 0.429. The average Bonchev–Trinajstić information content (AvgIpc) is 2.75. The Hall–Kier alpha value is -2.28. The lowest BCUT2D eigenvalue weighted by atomic mass is 10.0. The summed E-state index contributed by atoms with van der Waals surface area (Å²) in [5, 5.41) is 2.52. The van der Waals surface area contributed by atoms with Crippen LogP contribution in [0.2, 0.25) is 0 Å². The molecule has 0 saturated heterocycles. The van der Waals surface area contributed by atoms with Crippen LogP contribution in [0.5, 0.6) is 5.75 Å².